The number of ether oxygens (including phenoxy) is 1. The van der Waals surface area contributed by atoms with Crippen molar-refractivity contribution in [2.75, 3.05) is 7.11 Å². The number of hydrogen-bond donors (Lipinski definition) is 1. The van der Waals surface area contributed by atoms with Crippen molar-refractivity contribution in [2.45, 2.75) is 43.7 Å². The average Bonchev–Trinajstić information content (AvgIpc) is 2.43. The van der Waals surface area contributed by atoms with E-state index in [-0.39, 0.29) is 24.2 Å². The van der Waals surface area contributed by atoms with Crippen molar-refractivity contribution in [1.29, 1.82) is 0 Å². The molecule has 0 radical (unpaired) electrons. The van der Waals surface area contributed by atoms with Crippen molar-refractivity contribution in [3.05, 3.63) is 0 Å². The van der Waals surface area contributed by atoms with Crippen LogP contribution in [-0.4, -0.2) is 30.4 Å². The maximum atomic E-state index is 11.6. The molecule has 0 unspecified atom stereocenters. The topological polar surface area (TPSA) is 55.4 Å². The third-order valence-corrected chi connectivity index (χ3v) is 3.35. The van der Waals surface area contributed by atoms with E-state index >= 15 is 0 Å². The lowest BCUT2D eigenvalue weighted by Gasteiger charge is -2.34. The fourth-order valence-corrected chi connectivity index (χ4v) is 2.42. The summed E-state index contributed by atoms with van der Waals surface area (Å²) in [7, 11) is 1.69. The number of hydrogen-bond acceptors (Lipinski definition) is 3. The van der Waals surface area contributed by atoms with Crippen molar-refractivity contribution in [1.82, 2.24) is 5.32 Å². The van der Waals surface area contributed by atoms with Crippen LogP contribution in [0.2, 0.25) is 0 Å². The number of rotatable bonds is 1. The van der Waals surface area contributed by atoms with E-state index < -0.39 is 5.54 Å². The molecule has 0 aromatic carbocycles. The Morgan fingerprint density at radius 3 is 2.43 bits per heavy atom. The minimum Gasteiger partial charge on any atom is -0.381 e. The number of carbonyl (C=O) groups is 2. The molecular weight excluding hydrogens is 182 g/mol. The quantitative estimate of drug-likeness (QED) is 0.619. The number of Topliss-reactive ketones (excluding diaryl/α,β-unsaturated/α-hetero) is 1. The summed E-state index contributed by atoms with van der Waals surface area (Å²) in [5.41, 5.74) is -0.536. The van der Waals surface area contributed by atoms with Gasteiger partial charge in [-0.2, -0.15) is 0 Å². The molecule has 14 heavy (non-hydrogen) atoms. The first kappa shape index (κ1) is 9.65. The lowest BCUT2D eigenvalue weighted by molar-refractivity contribution is -0.124. The van der Waals surface area contributed by atoms with Gasteiger partial charge in [-0.25, -0.2) is 0 Å². The van der Waals surface area contributed by atoms with Gasteiger partial charge in [-0.05, 0) is 25.7 Å². The fourth-order valence-electron chi connectivity index (χ4n) is 2.42. The lowest BCUT2D eigenvalue weighted by atomic mass is 9.79. The van der Waals surface area contributed by atoms with Crippen LogP contribution in [0.4, 0.5) is 0 Å². The van der Waals surface area contributed by atoms with Gasteiger partial charge in [0.25, 0.3) is 0 Å². The summed E-state index contributed by atoms with van der Waals surface area (Å²) in [6.07, 6.45) is 3.51. The highest BCUT2D eigenvalue weighted by Gasteiger charge is 2.47. The van der Waals surface area contributed by atoms with Crippen LogP contribution in [-0.2, 0) is 14.3 Å². The predicted molar refractivity (Wildman–Crippen MR) is 49.8 cm³/mol. The first-order valence-corrected chi connectivity index (χ1v) is 5.03. The summed E-state index contributed by atoms with van der Waals surface area (Å²) >= 11 is 0. The van der Waals surface area contributed by atoms with E-state index in [1.54, 1.807) is 7.11 Å². The lowest BCUT2D eigenvalue weighted by Crippen LogP contribution is -2.50. The molecule has 4 nitrogen and oxygen atoms in total. The third kappa shape index (κ3) is 1.43. The van der Waals surface area contributed by atoms with Crippen LogP contribution in [0.5, 0.6) is 0 Å². The average molecular weight is 197 g/mol. The number of methoxy groups -OCH3 is 1. The monoisotopic (exact) mass is 197 g/mol. The van der Waals surface area contributed by atoms with Crippen LogP contribution in [0.1, 0.15) is 32.1 Å². The Hall–Kier alpha value is -0.900. The molecule has 0 atom stereocenters. The third-order valence-electron chi connectivity index (χ3n) is 3.35. The summed E-state index contributed by atoms with van der Waals surface area (Å²) in [5.74, 6) is -0.0529. The molecule has 4 heteroatoms. The van der Waals surface area contributed by atoms with E-state index in [0.717, 1.165) is 25.7 Å². The van der Waals surface area contributed by atoms with Gasteiger partial charge in [0.2, 0.25) is 5.91 Å². The smallest absolute Gasteiger partial charge is 0.228 e. The predicted octanol–water partition coefficient (Wildman–Crippen LogP) is 0.403. The van der Waals surface area contributed by atoms with E-state index in [4.69, 9.17) is 4.74 Å². The normalized spacial score (nSPS) is 37.6. The van der Waals surface area contributed by atoms with Crippen LogP contribution < -0.4 is 5.32 Å². The molecule has 1 heterocycles. The molecule has 1 saturated carbocycles. The van der Waals surface area contributed by atoms with Gasteiger partial charge < -0.3 is 10.1 Å². The SMILES string of the molecule is COC1CCC2(CC1)NC(=O)CC2=O. The van der Waals surface area contributed by atoms with Crippen LogP contribution in [0.25, 0.3) is 0 Å². The number of amides is 1. The summed E-state index contributed by atoms with van der Waals surface area (Å²) in [4.78, 5) is 22.7. The van der Waals surface area contributed by atoms with Gasteiger partial charge in [-0.3, -0.25) is 9.59 Å². The molecule has 2 fully saturated rings. The Kier molecular flexibility index (Phi) is 2.31. The van der Waals surface area contributed by atoms with Gasteiger partial charge in [-0.1, -0.05) is 0 Å². The Morgan fingerprint density at radius 1 is 1.36 bits per heavy atom. The molecule has 2 aliphatic rings. The van der Waals surface area contributed by atoms with Crippen molar-refractivity contribution in [3.63, 3.8) is 0 Å². The van der Waals surface area contributed by atoms with Crippen LogP contribution in [0, 0.1) is 0 Å². The van der Waals surface area contributed by atoms with Gasteiger partial charge in [-0.15, -0.1) is 0 Å². The molecule has 1 N–H and O–H groups in total. The van der Waals surface area contributed by atoms with Crippen molar-refractivity contribution in [3.8, 4) is 0 Å². The molecule has 2 rings (SSSR count). The molecule has 78 valence electrons. The zero-order chi connectivity index (χ0) is 10.2. The fraction of sp³-hybridized carbons (Fsp3) is 0.800. The maximum absolute atomic E-state index is 11.6. The van der Waals surface area contributed by atoms with Crippen molar-refractivity contribution in [2.24, 2.45) is 0 Å². The number of nitrogens with one attached hydrogen (secondary N) is 1. The molecule has 1 aliphatic heterocycles. The number of carbonyl (C=O) groups excluding carboxylic acids is 2. The maximum Gasteiger partial charge on any atom is 0.228 e. The summed E-state index contributed by atoms with van der Waals surface area (Å²) in [6.45, 7) is 0. The summed E-state index contributed by atoms with van der Waals surface area (Å²) < 4.78 is 5.23. The molecule has 0 aromatic rings. The second-order valence-corrected chi connectivity index (χ2v) is 4.17. The molecule has 1 amide bonds. The van der Waals surface area contributed by atoms with Crippen molar-refractivity contribution < 1.29 is 14.3 Å². The molecule has 1 saturated heterocycles. The molecule has 0 aromatic heterocycles. The van der Waals surface area contributed by atoms with E-state index in [0.29, 0.717) is 0 Å². The van der Waals surface area contributed by atoms with Gasteiger partial charge in [0.05, 0.1) is 18.1 Å². The van der Waals surface area contributed by atoms with E-state index in [9.17, 15) is 9.59 Å². The minimum absolute atomic E-state index is 0.0667. The highest BCUT2D eigenvalue weighted by Crippen LogP contribution is 2.34. The second kappa shape index (κ2) is 3.35. The van der Waals surface area contributed by atoms with Gasteiger partial charge in [0.1, 0.15) is 0 Å². The van der Waals surface area contributed by atoms with E-state index in [1.807, 2.05) is 0 Å². The van der Waals surface area contributed by atoms with Crippen LogP contribution in [0.3, 0.4) is 0 Å². The van der Waals surface area contributed by atoms with Gasteiger partial charge in [0, 0.05) is 7.11 Å². The standard InChI is InChI=1S/C10H15NO3/c1-14-7-2-4-10(5-3-7)8(12)6-9(13)11-10/h7H,2-6H2,1H3,(H,11,13). The summed E-state index contributed by atoms with van der Waals surface area (Å²) in [5, 5.41) is 2.82. The largest absolute Gasteiger partial charge is 0.381 e. The zero-order valence-electron chi connectivity index (χ0n) is 8.34. The molecule has 1 spiro atoms. The Bertz CT molecular complexity index is 267. The van der Waals surface area contributed by atoms with E-state index in [2.05, 4.69) is 5.32 Å². The second-order valence-electron chi connectivity index (χ2n) is 4.17. The van der Waals surface area contributed by atoms with Crippen molar-refractivity contribution >= 4 is 11.7 Å². The van der Waals surface area contributed by atoms with Crippen LogP contribution in [0.15, 0.2) is 0 Å². The molecule has 0 bridgehead atoms. The molecular formula is C10H15NO3. The highest BCUT2D eigenvalue weighted by atomic mass is 16.5. The van der Waals surface area contributed by atoms with Crippen LogP contribution >= 0.6 is 0 Å². The first-order chi connectivity index (χ1) is 6.66. The van der Waals surface area contributed by atoms with E-state index in [1.165, 1.54) is 0 Å². The number of ketones is 1. The van der Waals surface area contributed by atoms with Gasteiger partial charge >= 0.3 is 0 Å². The summed E-state index contributed by atoms with van der Waals surface area (Å²) in [6, 6.07) is 0. The Morgan fingerprint density at radius 2 is 2.00 bits per heavy atom. The van der Waals surface area contributed by atoms with Gasteiger partial charge in [0.15, 0.2) is 5.78 Å². The zero-order valence-corrected chi connectivity index (χ0v) is 8.34. The minimum atomic E-state index is -0.536. The Balaban J connectivity index is 2.05. The first-order valence-electron chi connectivity index (χ1n) is 5.03. The Labute approximate surface area is 83.0 Å². The molecule has 1 aliphatic carbocycles. The highest BCUT2D eigenvalue weighted by molar-refractivity contribution is 6.10.